The molecular weight excluding hydrogens is 229 g/mol. The summed E-state index contributed by atoms with van der Waals surface area (Å²) in [4.78, 5) is 12.9. The second-order valence-corrected chi connectivity index (χ2v) is 3.89. The molecule has 0 fully saturated rings. The summed E-state index contributed by atoms with van der Waals surface area (Å²) in [6.45, 7) is 3.64. The highest BCUT2D eigenvalue weighted by atomic mass is 35.5. The highest BCUT2D eigenvalue weighted by molar-refractivity contribution is 6.29. The molecule has 0 atom stereocenters. The van der Waals surface area contributed by atoms with Crippen molar-refractivity contribution in [2.45, 2.75) is 20.3 Å². The van der Waals surface area contributed by atoms with Gasteiger partial charge in [0.1, 0.15) is 11.7 Å². The second kappa shape index (κ2) is 5.30. The van der Waals surface area contributed by atoms with Gasteiger partial charge in [0.2, 0.25) is 5.91 Å². The van der Waals surface area contributed by atoms with Gasteiger partial charge in [-0.05, 0) is 25.0 Å². The lowest BCUT2D eigenvalue weighted by atomic mass is 10.0. The maximum Gasteiger partial charge on any atom is 0.241 e. The van der Waals surface area contributed by atoms with Crippen LogP contribution in [0.5, 0.6) is 0 Å². The fourth-order valence-corrected chi connectivity index (χ4v) is 1.88. The van der Waals surface area contributed by atoms with Crippen LogP contribution in [0.25, 0.3) is 0 Å². The Kier molecular flexibility index (Phi) is 4.30. The predicted molar refractivity (Wildman–Crippen MR) is 64.6 cm³/mol. The van der Waals surface area contributed by atoms with Gasteiger partial charge in [-0.25, -0.2) is 4.39 Å². The number of alkyl halides is 1. The van der Waals surface area contributed by atoms with Gasteiger partial charge >= 0.3 is 0 Å². The molecule has 0 aliphatic rings. The molecule has 2 nitrogen and oxygen atoms in total. The standard InChI is InChI=1S/C12H15ClFNO/c1-4-9-5-6-10(14)8(2)12(9)15(3)11(16)7-13/h5-6H,4,7H2,1-3H3. The lowest BCUT2D eigenvalue weighted by molar-refractivity contribution is -0.116. The largest absolute Gasteiger partial charge is 0.314 e. The average molecular weight is 244 g/mol. The SMILES string of the molecule is CCc1ccc(F)c(C)c1N(C)C(=O)CCl. The third-order valence-corrected chi connectivity index (χ3v) is 2.88. The Morgan fingerprint density at radius 2 is 2.12 bits per heavy atom. The fourth-order valence-electron chi connectivity index (χ4n) is 1.70. The lowest BCUT2D eigenvalue weighted by Gasteiger charge is -2.22. The first kappa shape index (κ1) is 13.0. The van der Waals surface area contributed by atoms with E-state index in [1.54, 1.807) is 20.0 Å². The van der Waals surface area contributed by atoms with E-state index in [0.29, 0.717) is 11.3 Å². The Labute approximate surface area is 100 Å². The number of benzene rings is 1. The van der Waals surface area contributed by atoms with Crippen LogP contribution in [0.15, 0.2) is 12.1 Å². The Hall–Kier alpha value is -1.09. The summed E-state index contributed by atoms with van der Waals surface area (Å²) in [6.07, 6.45) is 0.746. The van der Waals surface area contributed by atoms with Crippen molar-refractivity contribution in [1.29, 1.82) is 0 Å². The molecule has 1 rings (SSSR count). The van der Waals surface area contributed by atoms with Gasteiger partial charge in [0.25, 0.3) is 0 Å². The van der Waals surface area contributed by atoms with Gasteiger partial charge in [-0.3, -0.25) is 4.79 Å². The molecule has 4 heteroatoms. The smallest absolute Gasteiger partial charge is 0.241 e. The number of nitrogens with zero attached hydrogens (tertiary/aromatic N) is 1. The van der Waals surface area contributed by atoms with Crippen molar-refractivity contribution in [2.75, 3.05) is 17.8 Å². The molecule has 0 aliphatic heterocycles. The summed E-state index contributed by atoms with van der Waals surface area (Å²) >= 11 is 5.50. The topological polar surface area (TPSA) is 20.3 Å². The average Bonchev–Trinajstić information content (AvgIpc) is 2.30. The highest BCUT2D eigenvalue weighted by Gasteiger charge is 2.17. The molecule has 16 heavy (non-hydrogen) atoms. The number of amides is 1. The third-order valence-electron chi connectivity index (χ3n) is 2.65. The van der Waals surface area contributed by atoms with Crippen LogP contribution < -0.4 is 4.90 Å². The number of hydrogen-bond donors (Lipinski definition) is 0. The molecule has 0 aliphatic carbocycles. The zero-order valence-corrected chi connectivity index (χ0v) is 10.4. The fraction of sp³-hybridized carbons (Fsp3) is 0.417. The minimum atomic E-state index is -0.304. The van der Waals surface area contributed by atoms with Crippen molar-refractivity contribution in [1.82, 2.24) is 0 Å². The van der Waals surface area contributed by atoms with Crippen molar-refractivity contribution < 1.29 is 9.18 Å². The first-order chi connectivity index (χ1) is 7.52. The monoisotopic (exact) mass is 243 g/mol. The van der Waals surface area contributed by atoms with Crippen molar-refractivity contribution in [3.63, 3.8) is 0 Å². The molecular formula is C12H15ClFNO. The van der Waals surface area contributed by atoms with Crippen molar-refractivity contribution in [3.8, 4) is 0 Å². The molecule has 0 spiro atoms. The van der Waals surface area contributed by atoms with E-state index in [9.17, 15) is 9.18 Å². The summed E-state index contributed by atoms with van der Waals surface area (Å²) in [6, 6.07) is 3.13. The van der Waals surface area contributed by atoms with Crippen molar-refractivity contribution in [2.24, 2.45) is 0 Å². The van der Waals surface area contributed by atoms with E-state index in [4.69, 9.17) is 11.6 Å². The molecule has 0 heterocycles. The number of hydrogen-bond acceptors (Lipinski definition) is 1. The van der Waals surface area contributed by atoms with E-state index in [-0.39, 0.29) is 17.6 Å². The molecule has 0 saturated carbocycles. The van der Waals surface area contributed by atoms with E-state index in [1.165, 1.54) is 11.0 Å². The van der Waals surface area contributed by atoms with Gasteiger partial charge in [-0.15, -0.1) is 11.6 Å². The molecule has 0 saturated heterocycles. The van der Waals surface area contributed by atoms with Crippen LogP contribution >= 0.6 is 11.6 Å². The molecule has 1 aromatic carbocycles. The number of anilines is 1. The number of carbonyl (C=O) groups excluding carboxylic acids is 1. The minimum absolute atomic E-state index is 0.102. The molecule has 0 unspecified atom stereocenters. The zero-order chi connectivity index (χ0) is 12.3. The number of carbonyl (C=O) groups is 1. The van der Waals surface area contributed by atoms with Gasteiger partial charge in [-0.2, -0.15) is 0 Å². The maximum atomic E-state index is 13.5. The summed E-state index contributed by atoms with van der Waals surface area (Å²) in [5.41, 5.74) is 2.06. The molecule has 0 N–H and O–H groups in total. The van der Waals surface area contributed by atoms with Crippen LogP contribution in [0, 0.1) is 12.7 Å². The van der Waals surface area contributed by atoms with Crippen molar-refractivity contribution in [3.05, 3.63) is 29.1 Å². The third kappa shape index (κ3) is 2.35. The molecule has 1 aromatic rings. The van der Waals surface area contributed by atoms with E-state index in [2.05, 4.69) is 0 Å². The first-order valence-electron chi connectivity index (χ1n) is 5.13. The summed E-state index contributed by atoms with van der Waals surface area (Å²) in [5.74, 6) is -0.637. The van der Waals surface area contributed by atoms with Gasteiger partial charge in [0.05, 0.1) is 5.69 Å². The normalized spacial score (nSPS) is 10.3. The van der Waals surface area contributed by atoms with E-state index < -0.39 is 0 Å². The van der Waals surface area contributed by atoms with Crippen LogP contribution in [0.1, 0.15) is 18.1 Å². The van der Waals surface area contributed by atoms with Crippen LogP contribution in [0.2, 0.25) is 0 Å². The van der Waals surface area contributed by atoms with Crippen LogP contribution in [0.4, 0.5) is 10.1 Å². The van der Waals surface area contributed by atoms with Crippen LogP contribution in [0.3, 0.4) is 0 Å². The zero-order valence-electron chi connectivity index (χ0n) is 9.68. The molecule has 0 aromatic heterocycles. The number of aryl methyl sites for hydroxylation is 1. The van der Waals surface area contributed by atoms with Crippen LogP contribution in [-0.2, 0) is 11.2 Å². The number of rotatable bonds is 3. The molecule has 1 amide bonds. The van der Waals surface area contributed by atoms with Gasteiger partial charge < -0.3 is 4.90 Å². The van der Waals surface area contributed by atoms with Crippen LogP contribution in [-0.4, -0.2) is 18.8 Å². The Balaban J connectivity index is 3.29. The molecule has 0 bridgehead atoms. The minimum Gasteiger partial charge on any atom is -0.314 e. The summed E-state index contributed by atoms with van der Waals surface area (Å²) in [5, 5.41) is 0. The summed E-state index contributed by atoms with van der Waals surface area (Å²) in [7, 11) is 1.62. The van der Waals surface area contributed by atoms with Gasteiger partial charge in [-0.1, -0.05) is 13.0 Å². The predicted octanol–water partition coefficient (Wildman–Crippen LogP) is 2.90. The Bertz CT molecular complexity index is 406. The highest BCUT2D eigenvalue weighted by Crippen LogP contribution is 2.27. The Morgan fingerprint density at radius 3 is 2.62 bits per heavy atom. The molecule has 0 radical (unpaired) electrons. The lowest BCUT2D eigenvalue weighted by Crippen LogP contribution is -2.29. The van der Waals surface area contributed by atoms with Gasteiger partial charge in [0, 0.05) is 12.6 Å². The maximum absolute atomic E-state index is 13.5. The Morgan fingerprint density at radius 1 is 1.50 bits per heavy atom. The van der Waals surface area contributed by atoms with E-state index in [1.807, 2.05) is 6.92 Å². The quantitative estimate of drug-likeness (QED) is 0.748. The summed E-state index contributed by atoms with van der Waals surface area (Å²) < 4.78 is 13.5. The van der Waals surface area contributed by atoms with E-state index >= 15 is 0 Å². The van der Waals surface area contributed by atoms with E-state index in [0.717, 1.165) is 12.0 Å². The van der Waals surface area contributed by atoms with Crippen molar-refractivity contribution >= 4 is 23.2 Å². The first-order valence-corrected chi connectivity index (χ1v) is 5.66. The molecule has 88 valence electrons. The van der Waals surface area contributed by atoms with Gasteiger partial charge in [0.15, 0.2) is 0 Å². The number of halogens is 2. The second-order valence-electron chi connectivity index (χ2n) is 3.62.